The van der Waals surface area contributed by atoms with Gasteiger partial charge < -0.3 is 5.32 Å². The molecule has 0 radical (unpaired) electrons. The molecule has 2 rings (SSSR count). The quantitative estimate of drug-likeness (QED) is 0.704. The summed E-state index contributed by atoms with van der Waals surface area (Å²) in [7, 11) is 0. The molecule has 23 heavy (non-hydrogen) atoms. The summed E-state index contributed by atoms with van der Waals surface area (Å²) in [6.45, 7) is 5.18. The topological polar surface area (TPSA) is 29.1 Å². The van der Waals surface area contributed by atoms with Crippen molar-refractivity contribution in [2.75, 3.05) is 6.54 Å². The minimum absolute atomic E-state index is 0.0274. The van der Waals surface area contributed by atoms with E-state index in [-0.39, 0.29) is 5.91 Å². The van der Waals surface area contributed by atoms with Crippen LogP contribution in [0, 0.1) is 5.92 Å². The lowest BCUT2D eigenvalue weighted by Gasteiger charge is -2.15. The molecule has 2 nitrogen and oxygen atoms in total. The second-order valence-corrected chi connectivity index (χ2v) is 6.07. The fraction of sp³-hybridized carbons (Fsp3) is 0.381. The van der Waals surface area contributed by atoms with Gasteiger partial charge in [-0.25, -0.2) is 0 Å². The number of carbonyl (C=O) groups is 1. The highest BCUT2D eigenvalue weighted by atomic mass is 16.1. The van der Waals surface area contributed by atoms with Crippen LogP contribution in [-0.2, 0) is 0 Å². The molecule has 0 aliphatic carbocycles. The van der Waals surface area contributed by atoms with Crippen LogP contribution in [0.2, 0.25) is 0 Å². The molecule has 0 bridgehead atoms. The Balaban J connectivity index is 1.92. The lowest BCUT2D eigenvalue weighted by Crippen LogP contribution is -2.29. The Morgan fingerprint density at radius 3 is 2.22 bits per heavy atom. The molecule has 1 amide bonds. The van der Waals surface area contributed by atoms with E-state index in [9.17, 15) is 4.79 Å². The molecule has 2 aromatic carbocycles. The Bertz CT molecular complexity index is 589. The van der Waals surface area contributed by atoms with E-state index in [0.29, 0.717) is 5.92 Å². The Morgan fingerprint density at radius 2 is 1.61 bits per heavy atom. The second-order valence-electron chi connectivity index (χ2n) is 6.07. The summed E-state index contributed by atoms with van der Waals surface area (Å²) < 4.78 is 0. The van der Waals surface area contributed by atoms with E-state index in [1.807, 2.05) is 42.5 Å². The van der Waals surface area contributed by atoms with Crippen molar-refractivity contribution in [2.24, 2.45) is 5.92 Å². The minimum Gasteiger partial charge on any atom is -0.352 e. The molecule has 0 saturated heterocycles. The molecule has 2 heteroatoms. The fourth-order valence-electron chi connectivity index (χ4n) is 2.73. The smallest absolute Gasteiger partial charge is 0.251 e. The standard InChI is InChI=1S/C21H27NO/c1-3-5-9-17(4-2)16-22-21(23)20-14-12-19(13-15-20)18-10-7-6-8-11-18/h6-8,10-15,17H,3-5,9,16H2,1-2H3,(H,22,23). The van der Waals surface area contributed by atoms with Crippen LogP contribution >= 0.6 is 0 Å². The third-order valence-corrected chi connectivity index (χ3v) is 4.35. The van der Waals surface area contributed by atoms with Gasteiger partial charge in [0.25, 0.3) is 5.91 Å². The number of amides is 1. The van der Waals surface area contributed by atoms with Crippen molar-refractivity contribution in [3.63, 3.8) is 0 Å². The summed E-state index contributed by atoms with van der Waals surface area (Å²) in [4.78, 5) is 12.3. The van der Waals surface area contributed by atoms with E-state index in [0.717, 1.165) is 24.1 Å². The van der Waals surface area contributed by atoms with Crippen LogP contribution in [0.15, 0.2) is 54.6 Å². The largest absolute Gasteiger partial charge is 0.352 e. The maximum Gasteiger partial charge on any atom is 0.251 e. The lowest BCUT2D eigenvalue weighted by molar-refractivity contribution is 0.0946. The third kappa shape index (κ3) is 5.24. The van der Waals surface area contributed by atoms with Crippen LogP contribution in [0.4, 0.5) is 0 Å². The maximum atomic E-state index is 12.3. The van der Waals surface area contributed by atoms with Crippen LogP contribution < -0.4 is 5.32 Å². The normalized spacial score (nSPS) is 11.9. The summed E-state index contributed by atoms with van der Waals surface area (Å²) in [5.74, 6) is 0.613. The van der Waals surface area contributed by atoms with E-state index in [1.165, 1.54) is 24.8 Å². The first-order chi connectivity index (χ1) is 11.2. The number of carbonyl (C=O) groups excluding carboxylic acids is 1. The highest BCUT2D eigenvalue weighted by Gasteiger charge is 2.10. The van der Waals surface area contributed by atoms with E-state index in [2.05, 4.69) is 31.3 Å². The monoisotopic (exact) mass is 309 g/mol. The van der Waals surface area contributed by atoms with Crippen molar-refractivity contribution in [3.8, 4) is 11.1 Å². The van der Waals surface area contributed by atoms with E-state index in [4.69, 9.17) is 0 Å². The molecule has 0 aliphatic rings. The van der Waals surface area contributed by atoms with Gasteiger partial charge in [0, 0.05) is 12.1 Å². The van der Waals surface area contributed by atoms with Crippen LogP contribution in [0.3, 0.4) is 0 Å². The zero-order valence-electron chi connectivity index (χ0n) is 14.2. The summed E-state index contributed by atoms with van der Waals surface area (Å²) in [5, 5.41) is 3.08. The predicted octanol–water partition coefficient (Wildman–Crippen LogP) is 5.30. The van der Waals surface area contributed by atoms with E-state index < -0.39 is 0 Å². The van der Waals surface area contributed by atoms with Crippen LogP contribution in [-0.4, -0.2) is 12.5 Å². The fourth-order valence-corrected chi connectivity index (χ4v) is 2.73. The molecule has 0 spiro atoms. The van der Waals surface area contributed by atoms with Crippen molar-refractivity contribution in [3.05, 3.63) is 60.2 Å². The van der Waals surface area contributed by atoms with Gasteiger partial charge in [0.1, 0.15) is 0 Å². The number of unbranched alkanes of at least 4 members (excludes halogenated alkanes) is 1. The van der Waals surface area contributed by atoms with E-state index in [1.54, 1.807) is 0 Å². The molecular formula is C21H27NO. The predicted molar refractivity (Wildman–Crippen MR) is 97.5 cm³/mol. The Labute approximate surface area is 139 Å². The summed E-state index contributed by atoms with van der Waals surface area (Å²) in [5.41, 5.74) is 3.04. The second kappa shape index (κ2) is 9.14. The zero-order chi connectivity index (χ0) is 16.5. The van der Waals surface area contributed by atoms with Crippen LogP contribution in [0.5, 0.6) is 0 Å². The van der Waals surface area contributed by atoms with Gasteiger partial charge in [-0.05, 0) is 35.6 Å². The molecule has 1 N–H and O–H groups in total. The highest BCUT2D eigenvalue weighted by molar-refractivity contribution is 5.94. The van der Waals surface area contributed by atoms with Crippen molar-refractivity contribution in [1.82, 2.24) is 5.32 Å². The molecule has 1 atom stereocenters. The molecule has 0 aliphatic heterocycles. The number of benzene rings is 2. The molecule has 1 unspecified atom stereocenters. The average Bonchev–Trinajstić information content (AvgIpc) is 2.62. The Kier molecular flexibility index (Phi) is 6.86. The lowest BCUT2D eigenvalue weighted by atomic mass is 9.99. The summed E-state index contributed by atoms with van der Waals surface area (Å²) >= 11 is 0. The number of hydrogen-bond acceptors (Lipinski definition) is 1. The van der Waals surface area contributed by atoms with Crippen molar-refractivity contribution < 1.29 is 4.79 Å². The molecule has 0 fully saturated rings. The zero-order valence-corrected chi connectivity index (χ0v) is 14.2. The Hall–Kier alpha value is -2.09. The number of rotatable bonds is 8. The van der Waals surface area contributed by atoms with Crippen molar-refractivity contribution >= 4 is 5.91 Å². The van der Waals surface area contributed by atoms with Crippen LogP contribution in [0.1, 0.15) is 49.9 Å². The van der Waals surface area contributed by atoms with Gasteiger partial charge in [-0.15, -0.1) is 0 Å². The highest BCUT2D eigenvalue weighted by Crippen LogP contribution is 2.19. The first kappa shape index (κ1) is 17.3. The molecular weight excluding hydrogens is 282 g/mol. The minimum atomic E-state index is 0.0274. The summed E-state index contributed by atoms with van der Waals surface area (Å²) in [6, 6.07) is 18.1. The first-order valence-electron chi connectivity index (χ1n) is 8.68. The maximum absolute atomic E-state index is 12.3. The number of hydrogen-bond donors (Lipinski definition) is 1. The van der Waals surface area contributed by atoms with Gasteiger partial charge in [0.2, 0.25) is 0 Å². The molecule has 122 valence electrons. The molecule has 0 aromatic heterocycles. The van der Waals surface area contributed by atoms with Gasteiger partial charge >= 0.3 is 0 Å². The van der Waals surface area contributed by atoms with Gasteiger partial charge in [-0.3, -0.25) is 4.79 Å². The SMILES string of the molecule is CCCCC(CC)CNC(=O)c1ccc(-c2ccccc2)cc1. The van der Waals surface area contributed by atoms with Crippen LogP contribution in [0.25, 0.3) is 11.1 Å². The van der Waals surface area contributed by atoms with Gasteiger partial charge in [0.05, 0.1) is 0 Å². The molecule has 2 aromatic rings. The van der Waals surface area contributed by atoms with E-state index >= 15 is 0 Å². The molecule has 0 heterocycles. The summed E-state index contributed by atoms with van der Waals surface area (Å²) in [6.07, 6.45) is 4.76. The van der Waals surface area contributed by atoms with Gasteiger partial charge in [-0.2, -0.15) is 0 Å². The van der Waals surface area contributed by atoms with Gasteiger partial charge in [0.15, 0.2) is 0 Å². The number of nitrogens with one attached hydrogen (secondary N) is 1. The first-order valence-corrected chi connectivity index (χ1v) is 8.68. The third-order valence-electron chi connectivity index (χ3n) is 4.35. The molecule has 0 saturated carbocycles. The average molecular weight is 309 g/mol. The van der Waals surface area contributed by atoms with Crippen molar-refractivity contribution in [2.45, 2.75) is 39.5 Å². The van der Waals surface area contributed by atoms with Gasteiger partial charge in [-0.1, -0.05) is 75.6 Å². The Morgan fingerprint density at radius 1 is 0.957 bits per heavy atom. The van der Waals surface area contributed by atoms with Crippen molar-refractivity contribution in [1.29, 1.82) is 0 Å².